The predicted octanol–water partition coefficient (Wildman–Crippen LogP) is 4.17. The molecule has 0 aliphatic carbocycles. The second kappa shape index (κ2) is 27.1. The number of methoxy groups -OCH3 is 2. The van der Waals surface area contributed by atoms with Crippen molar-refractivity contribution in [3.05, 3.63) is 81.8 Å². The third kappa shape index (κ3) is 16.8. The summed E-state index contributed by atoms with van der Waals surface area (Å²) in [5.74, 6) is -0.00858. The zero-order valence-corrected chi connectivity index (χ0v) is 36.8. The van der Waals surface area contributed by atoms with Crippen molar-refractivity contribution >= 4 is 51.9 Å². The number of nitrogens with zero attached hydrogens (tertiary/aromatic N) is 2. The average Bonchev–Trinajstić information content (AvgIpc) is 3.22. The Kier molecular flexibility index (Phi) is 23.5. The highest BCUT2D eigenvalue weighted by molar-refractivity contribution is 9.10. The first-order valence-electron chi connectivity index (χ1n) is 19.0. The van der Waals surface area contributed by atoms with E-state index < -0.39 is 42.3 Å². The molecule has 15 nitrogen and oxygen atoms in total. The Balaban J connectivity index is 0.00000111. The lowest BCUT2D eigenvalue weighted by Crippen LogP contribution is -2.52. The first kappa shape index (κ1) is 50.4. The molecule has 0 fully saturated rings. The highest BCUT2D eigenvalue weighted by Crippen LogP contribution is 2.39. The second-order valence-electron chi connectivity index (χ2n) is 12.4. The molecule has 2 aliphatic heterocycles. The Bertz CT molecular complexity index is 1770. The molecular weight excluding hydrogens is 812 g/mol. The molecule has 4 bridgehead atoms. The fraction of sp³-hybridized carbons (Fsp3) is 0.429. The van der Waals surface area contributed by atoms with E-state index in [1.54, 1.807) is 26.4 Å². The van der Waals surface area contributed by atoms with Crippen LogP contribution in [0.2, 0.25) is 0 Å². The number of benzene rings is 3. The number of carbonyl (C=O) groups is 6. The highest BCUT2D eigenvalue weighted by atomic mass is 79.9. The molecule has 4 N–H and O–H groups in total. The molecule has 6 amide bonds. The largest absolute Gasteiger partial charge is 0.497 e. The van der Waals surface area contributed by atoms with Gasteiger partial charge in [0.05, 0.1) is 38.3 Å². The van der Waals surface area contributed by atoms with Gasteiger partial charge in [0.2, 0.25) is 35.9 Å². The van der Waals surface area contributed by atoms with Crippen molar-refractivity contribution in [2.45, 2.75) is 66.5 Å². The fourth-order valence-electron chi connectivity index (χ4n) is 5.07. The van der Waals surface area contributed by atoms with Crippen LogP contribution in [0.25, 0.3) is 0 Å². The van der Waals surface area contributed by atoms with E-state index in [1.165, 1.54) is 31.5 Å². The van der Waals surface area contributed by atoms with Crippen molar-refractivity contribution in [2.24, 2.45) is 0 Å². The first-order chi connectivity index (χ1) is 27.8. The molecule has 0 saturated carbocycles. The van der Waals surface area contributed by atoms with Crippen LogP contribution in [0.5, 0.6) is 23.0 Å². The topological polar surface area (TPSA) is 185 Å². The first-order valence-corrected chi connectivity index (χ1v) is 19.8. The number of halogens is 1. The molecule has 0 saturated heterocycles. The molecule has 3 aromatic carbocycles. The van der Waals surface area contributed by atoms with Crippen LogP contribution in [-0.4, -0.2) is 112 Å². The van der Waals surface area contributed by atoms with E-state index in [4.69, 9.17) is 14.2 Å². The summed E-state index contributed by atoms with van der Waals surface area (Å²) in [5.41, 5.74) is 2.94. The summed E-state index contributed by atoms with van der Waals surface area (Å²) in [6.45, 7) is 10.7. The maximum Gasteiger partial charge on any atom is 0.243 e. The number of ether oxygens (including phenoxy) is 3. The number of likely N-dealkylation sites (N-methyl/N-ethyl adjacent to an activating group) is 2. The van der Waals surface area contributed by atoms with Crippen LogP contribution >= 0.6 is 15.9 Å². The smallest absolute Gasteiger partial charge is 0.243 e. The number of aryl methyl sites for hydroxylation is 1. The van der Waals surface area contributed by atoms with Crippen LogP contribution in [0.3, 0.4) is 0 Å². The van der Waals surface area contributed by atoms with Crippen molar-refractivity contribution in [2.75, 3.05) is 54.5 Å². The van der Waals surface area contributed by atoms with E-state index in [-0.39, 0.29) is 25.4 Å². The van der Waals surface area contributed by atoms with Crippen LogP contribution in [-0.2, 0) is 41.6 Å². The summed E-state index contributed by atoms with van der Waals surface area (Å²) in [7, 11) is 6.09. The van der Waals surface area contributed by atoms with Crippen LogP contribution in [0.1, 0.15) is 51.3 Å². The average molecular weight is 872 g/mol. The lowest BCUT2D eigenvalue weighted by atomic mass is 10.0. The molecule has 2 atom stereocenters. The van der Waals surface area contributed by atoms with Crippen molar-refractivity contribution < 1.29 is 43.0 Å². The summed E-state index contributed by atoms with van der Waals surface area (Å²) in [5, 5.41) is 10.0. The van der Waals surface area contributed by atoms with Crippen molar-refractivity contribution in [3.8, 4) is 23.0 Å². The lowest BCUT2D eigenvalue weighted by Gasteiger charge is -2.28. The number of rotatable bonds is 12. The molecule has 58 heavy (non-hydrogen) atoms. The summed E-state index contributed by atoms with van der Waals surface area (Å²) in [6.07, 6.45) is 1.08. The van der Waals surface area contributed by atoms with Crippen LogP contribution in [0, 0.1) is 6.92 Å². The molecule has 0 radical (unpaired) electrons. The Morgan fingerprint density at radius 1 is 0.914 bits per heavy atom. The third-order valence-corrected chi connectivity index (χ3v) is 8.94. The molecule has 16 heteroatoms. The van der Waals surface area contributed by atoms with Gasteiger partial charge in [-0.3, -0.25) is 28.8 Å². The van der Waals surface area contributed by atoms with E-state index >= 15 is 0 Å². The molecule has 1 unspecified atom stereocenters. The van der Waals surface area contributed by atoms with Gasteiger partial charge in [0.1, 0.15) is 23.6 Å². The van der Waals surface area contributed by atoms with Crippen molar-refractivity contribution in [1.82, 2.24) is 31.1 Å². The van der Waals surface area contributed by atoms with Gasteiger partial charge in [-0.05, 0) is 83.7 Å². The predicted molar refractivity (Wildman–Crippen MR) is 227 cm³/mol. The Labute approximate surface area is 350 Å². The van der Waals surface area contributed by atoms with E-state index in [9.17, 15) is 28.8 Å². The van der Waals surface area contributed by atoms with Crippen molar-refractivity contribution in [1.29, 1.82) is 0 Å². The standard InChI is InChI=1S/C30H37BrN6O8.C8H10O.2C2H6/c1-18(35-17-38)29(42)34-14-26(40)36(2)16-25(39)33-15-27(41)37(3)23-12-19-5-7-21(8-6-19)45-24-13-20(9-10-32-30(23)43)11-22(31)28(24)44-4;1-7-3-5-8(9-2)6-4-7;2*1-2/h5-8,11,13,17-18,23H,9-10,12,14-16H2,1-4H3,(H,32,43)(H,33,39)(H,34,42)(H,35,38);3-6H,1-2H3;2*1-2H3/t18?,23-;;;/m0.../s1. The monoisotopic (exact) mass is 870 g/mol. The number of amides is 6. The minimum absolute atomic E-state index is 0.215. The van der Waals surface area contributed by atoms with E-state index in [0.717, 1.165) is 21.8 Å². The lowest BCUT2D eigenvalue weighted by molar-refractivity contribution is -0.139. The molecule has 318 valence electrons. The Hall–Kier alpha value is -5.64. The number of nitrogens with one attached hydrogen (secondary N) is 4. The molecular formula is C42H59BrN6O9. The zero-order chi connectivity index (χ0) is 43.8. The maximum atomic E-state index is 13.3. The van der Waals surface area contributed by atoms with E-state index in [2.05, 4.69) is 44.1 Å². The van der Waals surface area contributed by atoms with Gasteiger partial charge in [-0.25, -0.2) is 0 Å². The summed E-state index contributed by atoms with van der Waals surface area (Å²) >= 11 is 3.51. The minimum Gasteiger partial charge on any atom is -0.497 e. The van der Waals surface area contributed by atoms with Gasteiger partial charge in [-0.2, -0.15) is 0 Å². The molecule has 0 spiro atoms. The minimum atomic E-state index is -0.869. The van der Waals surface area contributed by atoms with Crippen LogP contribution in [0.15, 0.2) is 65.1 Å². The molecule has 2 aliphatic rings. The number of fused-ring (bicyclic) bond motifs is 7. The number of hydrogen-bond donors (Lipinski definition) is 4. The summed E-state index contributed by atoms with van der Waals surface area (Å²) in [4.78, 5) is 75.9. The van der Waals surface area contributed by atoms with Crippen LogP contribution in [0.4, 0.5) is 0 Å². The van der Waals surface area contributed by atoms with Gasteiger partial charge in [0.25, 0.3) is 0 Å². The normalized spacial score (nSPS) is 13.2. The molecule has 5 rings (SSSR count). The highest BCUT2D eigenvalue weighted by Gasteiger charge is 2.28. The van der Waals surface area contributed by atoms with Gasteiger partial charge in [-0.15, -0.1) is 0 Å². The quantitative estimate of drug-likeness (QED) is 0.194. The molecule has 3 aromatic rings. The second-order valence-corrected chi connectivity index (χ2v) is 13.2. The maximum absolute atomic E-state index is 13.3. The molecule has 0 aromatic heterocycles. The summed E-state index contributed by atoms with van der Waals surface area (Å²) < 4.78 is 17.3. The van der Waals surface area contributed by atoms with Gasteiger partial charge in [0.15, 0.2) is 11.5 Å². The number of carbonyl (C=O) groups excluding carboxylic acids is 6. The van der Waals surface area contributed by atoms with E-state index in [0.29, 0.717) is 41.1 Å². The van der Waals surface area contributed by atoms with Gasteiger partial charge >= 0.3 is 0 Å². The van der Waals surface area contributed by atoms with E-state index in [1.807, 2.05) is 76.2 Å². The fourth-order valence-corrected chi connectivity index (χ4v) is 5.72. The van der Waals surface area contributed by atoms with Gasteiger partial charge in [0, 0.05) is 27.1 Å². The van der Waals surface area contributed by atoms with Gasteiger partial charge < -0.3 is 45.3 Å². The van der Waals surface area contributed by atoms with Crippen LogP contribution < -0.4 is 35.5 Å². The van der Waals surface area contributed by atoms with Gasteiger partial charge in [-0.1, -0.05) is 57.5 Å². The van der Waals surface area contributed by atoms with Crippen molar-refractivity contribution in [3.63, 3.8) is 0 Å². The number of hydrogen-bond acceptors (Lipinski definition) is 9. The molecule has 2 heterocycles. The third-order valence-electron chi connectivity index (χ3n) is 8.36. The SMILES string of the molecule is CC.CC.COc1c(Br)cc2cc1Oc1ccc(cc1)C[C@H](N(C)C(=O)CNC(=O)CN(C)C(=O)CNC(=O)C(C)NC=O)C(=O)NCC2.COc1ccc(C)cc1. The Morgan fingerprint density at radius 3 is 2.12 bits per heavy atom. The Morgan fingerprint density at radius 2 is 1.53 bits per heavy atom. The summed E-state index contributed by atoms with van der Waals surface area (Å²) in [6, 6.07) is 17.2. The zero-order valence-electron chi connectivity index (χ0n) is 35.2.